The van der Waals surface area contributed by atoms with Gasteiger partial charge in [0.2, 0.25) is 0 Å². The first kappa shape index (κ1) is 13.3. The molecule has 1 unspecified atom stereocenters. The van der Waals surface area contributed by atoms with Crippen molar-refractivity contribution in [2.24, 2.45) is 0 Å². The molecule has 0 saturated heterocycles. The molecule has 0 bridgehead atoms. The van der Waals surface area contributed by atoms with Crippen LogP contribution in [-0.2, 0) is 0 Å². The molecular weight excluding hydrogens is 231 g/mol. The summed E-state index contributed by atoms with van der Waals surface area (Å²) in [6, 6.07) is 4.37. The summed E-state index contributed by atoms with van der Waals surface area (Å²) >= 11 is 0. The Labute approximate surface area is 108 Å². The van der Waals surface area contributed by atoms with E-state index in [1.807, 2.05) is 0 Å². The zero-order chi connectivity index (χ0) is 13.0. The number of benzene rings is 1. The van der Waals surface area contributed by atoms with Gasteiger partial charge in [0, 0.05) is 5.56 Å². The van der Waals surface area contributed by atoms with E-state index >= 15 is 0 Å². The van der Waals surface area contributed by atoms with Gasteiger partial charge in [0.05, 0.1) is 12.2 Å². The molecule has 2 rings (SSSR count). The summed E-state index contributed by atoms with van der Waals surface area (Å²) in [4.78, 5) is 0. The summed E-state index contributed by atoms with van der Waals surface area (Å²) in [7, 11) is 0. The Kier molecular flexibility index (Phi) is 4.59. The van der Waals surface area contributed by atoms with Gasteiger partial charge < -0.3 is 9.84 Å². The average molecular weight is 252 g/mol. The fourth-order valence-electron chi connectivity index (χ4n) is 2.49. The molecule has 0 aliphatic heterocycles. The van der Waals surface area contributed by atoms with E-state index in [9.17, 15) is 9.50 Å². The minimum Gasteiger partial charge on any atom is -0.490 e. The van der Waals surface area contributed by atoms with Gasteiger partial charge in [-0.1, -0.05) is 12.8 Å². The van der Waals surface area contributed by atoms with Crippen LogP contribution in [0.2, 0.25) is 0 Å². The summed E-state index contributed by atoms with van der Waals surface area (Å²) in [5.41, 5.74) is 0.541. The quantitative estimate of drug-likeness (QED) is 0.824. The van der Waals surface area contributed by atoms with E-state index in [2.05, 4.69) is 0 Å². The number of halogens is 1. The van der Waals surface area contributed by atoms with Crippen LogP contribution in [0.15, 0.2) is 18.2 Å². The first-order valence-electron chi connectivity index (χ1n) is 6.81. The van der Waals surface area contributed by atoms with E-state index in [-0.39, 0.29) is 11.9 Å². The molecule has 3 heteroatoms. The van der Waals surface area contributed by atoms with E-state index in [4.69, 9.17) is 4.74 Å². The molecule has 1 saturated carbocycles. The van der Waals surface area contributed by atoms with Crippen molar-refractivity contribution in [2.75, 3.05) is 0 Å². The normalized spacial score (nSPS) is 19.3. The van der Waals surface area contributed by atoms with Crippen molar-refractivity contribution < 1.29 is 14.2 Å². The zero-order valence-electron chi connectivity index (χ0n) is 10.9. The molecule has 1 aliphatic carbocycles. The zero-order valence-corrected chi connectivity index (χ0v) is 10.9. The third-order valence-electron chi connectivity index (χ3n) is 3.52. The lowest BCUT2D eigenvalue weighted by atomic mass is 10.1. The first-order valence-corrected chi connectivity index (χ1v) is 6.81. The van der Waals surface area contributed by atoms with Crippen LogP contribution in [0.1, 0.15) is 57.1 Å². The standard InChI is InChI=1S/C15H21FO2/c1-11(17)14-10-12(16)8-9-15(14)18-13-6-4-2-3-5-7-13/h8-11,13,17H,2-7H2,1H3. The van der Waals surface area contributed by atoms with Crippen LogP contribution in [0.5, 0.6) is 5.75 Å². The monoisotopic (exact) mass is 252 g/mol. The van der Waals surface area contributed by atoms with Crippen molar-refractivity contribution in [2.45, 2.75) is 57.7 Å². The van der Waals surface area contributed by atoms with Crippen LogP contribution in [0.25, 0.3) is 0 Å². The molecule has 100 valence electrons. The molecule has 1 aromatic carbocycles. The SMILES string of the molecule is CC(O)c1cc(F)ccc1OC1CCCCCC1. The third-order valence-corrected chi connectivity index (χ3v) is 3.52. The maximum atomic E-state index is 13.2. The van der Waals surface area contributed by atoms with E-state index in [1.54, 1.807) is 13.0 Å². The van der Waals surface area contributed by atoms with Gasteiger partial charge in [-0.2, -0.15) is 0 Å². The molecular formula is C15H21FO2. The van der Waals surface area contributed by atoms with Crippen molar-refractivity contribution in [3.63, 3.8) is 0 Å². The predicted molar refractivity (Wildman–Crippen MR) is 69.2 cm³/mol. The lowest BCUT2D eigenvalue weighted by molar-refractivity contribution is 0.161. The largest absolute Gasteiger partial charge is 0.490 e. The number of ether oxygens (including phenoxy) is 1. The Balaban J connectivity index is 2.12. The maximum absolute atomic E-state index is 13.2. The Hall–Kier alpha value is -1.09. The van der Waals surface area contributed by atoms with E-state index < -0.39 is 6.10 Å². The Morgan fingerprint density at radius 1 is 1.22 bits per heavy atom. The van der Waals surface area contributed by atoms with Crippen LogP contribution in [-0.4, -0.2) is 11.2 Å². The van der Waals surface area contributed by atoms with Crippen molar-refractivity contribution in [3.05, 3.63) is 29.6 Å². The molecule has 0 radical (unpaired) electrons. The minimum absolute atomic E-state index is 0.204. The summed E-state index contributed by atoms with van der Waals surface area (Å²) in [5.74, 6) is 0.289. The van der Waals surface area contributed by atoms with Crippen LogP contribution in [0.3, 0.4) is 0 Å². The molecule has 2 nitrogen and oxygen atoms in total. The van der Waals surface area contributed by atoms with Crippen LogP contribution in [0, 0.1) is 5.82 Å². The highest BCUT2D eigenvalue weighted by Gasteiger charge is 2.17. The second-order valence-electron chi connectivity index (χ2n) is 5.09. The molecule has 1 N–H and O–H groups in total. The van der Waals surface area contributed by atoms with E-state index in [0.29, 0.717) is 11.3 Å². The highest BCUT2D eigenvalue weighted by Crippen LogP contribution is 2.29. The molecule has 1 fully saturated rings. The van der Waals surface area contributed by atoms with Gasteiger partial charge in [0.1, 0.15) is 11.6 Å². The fraction of sp³-hybridized carbons (Fsp3) is 0.600. The lowest BCUT2D eigenvalue weighted by Crippen LogP contribution is -2.16. The molecule has 0 aromatic heterocycles. The van der Waals surface area contributed by atoms with Gasteiger partial charge in [0.15, 0.2) is 0 Å². The van der Waals surface area contributed by atoms with Crippen LogP contribution < -0.4 is 4.74 Å². The fourth-order valence-corrected chi connectivity index (χ4v) is 2.49. The average Bonchev–Trinajstić information content (AvgIpc) is 2.60. The van der Waals surface area contributed by atoms with Crippen molar-refractivity contribution in [1.29, 1.82) is 0 Å². The second kappa shape index (κ2) is 6.19. The summed E-state index contributed by atoms with van der Waals surface area (Å²) in [5, 5.41) is 9.67. The van der Waals surface area contributed by atoms with E-state index in [1.165, 1.54) is 37.8 Å². The molecule has 1 aromatic rings. The lowest BCUT2D eigenvalue weighted by Gasteiger charge is -2.20. The third kappa shape index (κ3) is 3.45. The number of hydrogen-bond acceptors (Lipinski definition) is 2. The molecule has 0 amide bonds. The highest BCUT2D eigenvalue weighted by molar-refractivity contribution is 5.35. The second-order valence-corrected chi connectivity index (χ2v) is 5.09. The molecule has 0 spiro atoms. The first-order chi connectivity index (χ1) is 8.66. The van der Waals surface area contributed by atoms with Crippen molar-refractivity contribution >= 4 is 0 Å². The summed E-state index contributed by atoms with van der Waals surface area (Å²) < 4.78 is 19.1. The van der Waals surface area contributed by atoms with Gasteiger partial charge in [0.25, 0.3) is 0 Å². The Morgan fingerprint density at radius 3 is 2.50 bits per heavy atom. The number of aliphatic hydroxyl groups is 1. The van der Waals surface area contributed by atoms with E-state index in [0.717, 1.165) is 12.8 Å². The van der Waals surface area contributed by atoms with Gasteiger partial charge in [-0.15, -0.1) is 0 Å². The van der Waals surface area contributed by atoms with Gasteiger partial charge in [-0.25, -0.2) is 4.39 Å². The Bertz CT molecular complexity index is 382. The van der Waals surface area contributed by atoms with Crippen LogP contribution in [0.4, 0.5) is 4.39 Å². The Morgan fingerprint density at radius 2 is 1.89 bits per heavy atom. The number of hydrogen-bond donors (Lipinski definition) is 1. The molecule has 1 aliphatic rings. The molecule has 1 atom stereocenters. The molecule has 18 heavy (non-hydrogen) atoms. The topological polar surface area (TPSA) is 29.5 Å². The minimum atomic E-state index is -0.707. The number of rotatable bonds is 3. The summed E-state index contributed by atoms with van der Waals surface area (Å²) in [6.07, 6.45) is 6.52. The van der Waals surface area contributed by atoms with Gasteiger partial charge in [-0.3, -0.25) is 0 Å². The maximum Gasteiger partial charge on any atom is 0.125 e. The van der Waals surface area contributed by atoms with Crippen LogP contribution >= 0.6 is 0 Å². The molecule has 0 heterocycles. The predicted octanol–water partition coefficient (Wildman–Crippen LogP) is 3.98. The van der Waals surface area contributed by atoms with Gasteiger partial charge in [-0.05, 0) is 50.8 Å². The van der Waals surface area contributed by atoms with Crippen molar-refractivity contribution in [3.8, 4) is 5.75 Å². The van der Waals surface area contributed by atoms with Gasteiger partial charge >= 0.3 is 0 Å². The highest BCUT2D eigenvalue weighted by atomic mass is 19.1. The summed E-state index contributed by atoms with van der Waals surface area (Å²) in [6.45, 7) is 1.63. The number of aliphatic hydroxyl groups excluding tert-OH is 1. The van der Waals surface area contributed by atoms with Crippen molar-refractivity contribution in [1.82, 2.24) is 0 Å². The smallest absolute Gasteiger partial charge is 0.125 e.